The molecular weight excluding hydrogens is 272 g/mol. The Kier molecular flexibility index (Phi) is 3.55. The molecule has 20 heavy (non-hydrogen) atoms. The van der Waals surface area contributed by atoms with Crippen LogP contribution < -0.4 is 5.32 Å². The molecular formula is C13H20N6S. The monoisotopic (exact) mass is 292 g/mol. The fraction of sp³-hybridized carbons (Fsp3) is 0.615. The van der Waals surface area contributed by atoms with Crippen LogP contribution in [0, 0.1) is 13.8 Å². The van der Waals surface area contributed by atoms with Gasteiger partial charge in [0.1, 0.15) is 10.9 Å². The Hall–Kier alpha value is -1.34. The minimum absolute atomic E-state index is 0.699. The van der Waals surface area contributed by atoms with Crippen LogP contribution in [0.5, 0.6) is 0 Å². The first kappa shape index (κ1) is 13.6. The van der Waals surface area contributed by atoms with Gasteiger partial charge in [-0.05, 0) is 38.5 Å². The molecule has 0 saturated heterocycles. The van der Waals surface area contributed by atoms with Gasteiger partial charge < -0.3 is 9.88 Å². The predicted octanol–water partition coefficient (Wildman–Crippen LogP) is 1.57. The van der Waals surface area contributed by atoms with Crippen molar-refractivity contribution >= 4 is 11.8 Å². The summed E-state index contributed by atoms with van der Waals surface area (Å²) in [6.45, 7) is 4.90. The molecule has 0 unspecified atom stereocenters. The van der Waals surface area contributed by atoms with Gasteiger partial charge in [0, 0.05) is 32.2 Å². The lowest BCUT2D eigenvalue weighted by Crippen LogP contribution is -2.16. The SMILES string of the molecule is Cc1nn(C)c(Sc2nnc(C)n2C)c1CNC1CC1. The van der Waals surface area contributed by atoms with Crippen molar-refractivity contribution in [2.75, 3.05) is 0 Å². The summed E-state index contributed by atoms with van der Waals surface area (Å²) >= 11 is 1.63. The quantitative estimate of drug-likeness (QED) is 0.906. The predicted molar refractivity (Wildman–Crippen MR) is 77.7 cm³/mol. The van der Waals surface area contributed by atoms with Gasteiger partial charge in [0.15, 0.2) is 5.16 Å². The lowest BCUT2D eigenvalue weighted by atomic mass is 10.2. The maximum absolute atomic E-state index is 4.54. The van der Waals surface area contributed by atoms with Crippen molar-refractivity contribution < 1.29 is 0 Å². The minimum atomic E-state index is 0.699. The van der Waals surface area contributed by atoms with Gasteiger partial charge in [-0.1, -0.05) is 0 Å². The zero-order valence-corrected chi connectivity index (χ0v) is 13.2. The average Bonchev–Trinajstić information content (AvgIpc) is 3.13. The van der Waals surface area contributed by atoms with E-state index in [1.54, 1.807) is 11.8 Å². The molecule has 0 bridgehead atoms. The van der Waals surface area contributed by atoms with Crippen LogP contribution in [0.3, 0.4) is 0 Å². The number of nitrogens with zero attached hydrogens (tertiary/aromatic N) is 5. The third-order valence-electron chi connectivity index (χ3n) is 3.67. The number of aryl methyl sites for hydroxylation is 3. The fourth-order valence-corrected chi connectivity index (χ4v) is 3.15. The topological polar surface area (TPSA) is 60.6 Å². The van der Waals surface area contributed by atoms with E-state index in [0.717, 1.165) is 28.2 Å². The van der Waals surface area contributed by atoms with Crippen LogP contribution in [0.2, 0.25) is 0 Å². The summed E-state index contributed by atoms with van der Waals surface area (Å²) in [4.78, 5) is 0. The second-order valence-corrected chi connectivity index (χ2v) is 6.29. The standard InChI is InChI=1S/C13H20N6S/c1-8-11(7-14-10-5-6-10)12(19(4)17-8)20-13-16-15-9(2)18(13)3/h10,14H,5-7H2,1-4H3. The molecule has 1 fully saturated rings. The molecule has 6 nitrogen and oxygen atoms in total. The van der Waals surface area contributed by atoms with Gasteiger partial charge in [-0.3, -0.25) is 4.68 Å². The van der Waals surface area contributed by atoms with Gasteiger partial charge in [-0.15, -0.1) is 10.2 Å². The zero-order chi connectivity index (χ0) is 14.3. The Morgan fingerprint density at radius 3 is 2.60 bits per heavy atom. The third-order valence-corrected chi connectivity index (χ3v) is 4.92. The highest BCUT2D eigenvalue weighted by molar-refractivity contribution is 7.99. The Bertz CT molecular complexity index is 625. The highest BCUT2D eigenvalue weighted by Gasteiger charge is 2.23. The van der Waals surface area contributed by atoms with Gasteiger partial charge in [0.2, 0.25) is 0 Å². The van der Waals surface area contributed by atoms with Crippen molar-refractivity contribution in [2.24, 2.45) is 14.1 Å². The molecule has 1 N–H and O–H groups in total. The average molecular weight is 292 g/mol. The second-order valence-electron chi connectivity index (χ2n) is 5.34. The first-order chi connectivity index (χ1) is 9.56. The normalized spacial score (nSPS) is 15.0. The first-order valence-corrected chi connectivity index (χ1v) is 7.67. The van der Waals surface area contributed by atoms with Crippen molar-refractivity contribution in [3.8, 4) is 0 Å². The Morgan fingerprint density at radius 2 is 2.00 bits per heavy atom. The molecule has 1 aliphatic carbocycles. The van der Waals surface area contributed by atoms with Crippen molar-refractivity contribution in [2.45, 2.75) is 49.5 Å². The van der Waals surface area contributed by atoms with Crippen LogP contribution in [-0.2, 0) is 20.6 Å². The summed E-state index contributed by atoms with van der Waals surface area (Å²) in [5.74, 6) is 0.920. The number of nitrogens with one attached hydrogen (secondary N) is 1. The van der Waals surface area contributed by atoms with Gasteiger partial charge >= 0.3 is 0 Å². The number of hydrogen-bond donors (Lipinski definition) is 1. The molecule has 7 heteroatoms. The molecule has 2 aromatic heterocycles. The molecule has 1 aliphatic rings. The largest absolute Gasteiger partial charge is 0.310 e. The Balaban J connectivity index is 1.85. The number of hydrogen-bond acceptors (Lipinski definition) is 5. The Morgan fingerprint density at radius 1 is 1.25 bits per heavy atom. The van der Waals surface area contributed by atoms with Crippen LogP contribution in [0.15, 0.2) is 10.2 Å². The molecule has 0 atom stereocenters. The van der Waals surface area contributed by atoms with E-state index in [1.807, 2.05) is 30.3 Å². The van der Waals surface area contributed by atoms with E-state index in [4.69, 9.17) is 0 Å². The van der Waals surface area contributed by atoms with Crippen molar-refractivity contribution in [1.82, 2.24) is 29.9 Å². The van der Waals surface area contributed by atoms with E-state index in [-0.39, 0.29) is 0 Å². The maximum atomic E-state index is 4.54. The van der Waals surface area contributed by atoms with Crippen molar-refractivity contribution in [1.29, 1.82) is 0 Å². The third kappa shape index (κ3) is 2.60. The molecule has 3 rings (SSSR count). The smallest absolute Gasteiger partial charge is 0.197 e. The summed E-state index contributed by atoms with van der Waals surface area (Å²) in [5, 5.41) is 18.5. The molecule has 2 aromatic rings. The molecule has 0 amide bonds. The van der Waals surface area contributed by atoms with Gasteiger partial charge in [-0.25, -0.2) is 0 Å². The van der Waals surface area contributed by atoms with E-state index in [9.17, 15) is 0 Å². The van der Waals surface area contributed by atoms with Crippen LogP contribution in [0.1, 0.15) is 29.9 Å². The summed E-state index contributed by atoms with van der Waals surface area (Å²) in [6.07, 6.45) is 2.59. The van der Waals surface area contributed by atoms with Crippen LogP contribution in [0.25, 0.3) is 0 Å². The maximum Gasteiger partial charge on any atom is 0.197 e. The van der Waals surface area contributed by atoms with E-state index < -0.39 is 0 Å². The summed E-state index contributed by atoms with van der Waals surface area (Å²) < 4.78 is 3.94. The van der Waals surface area contributed by atoms with E-state index in [1.165, 1.54) is 18.4 Å². The fourth-order valence-electron chi connectivity index (χ4n) is 2.11. The second kappa shape index (κ2) is 5.21. The lowest BCUT2D eigenvalue weighted by Gasteiger charge is -2.07. The van der Waals surface area contributed by atoms with Crippen molar-refractivity contribution in [3.05, 3.63) is 17.1 Å². The highest BCUT2D eigenvalue weighted by atomic mass is 32.2. The first-order valence-electron chi connectivity index (χ1n) is 6.86. The number of rotatable bonds is 5. The molecule has 2 heterocycles. The van der Waals surface area contributed by atoms with Crippen LogP contribution >= 0.6 is 11.8 Å². The summed E-state index contributed by atoms with van der Waals surface area (Å²) in [5.41, 5.74) is 2.35. The summed E-state index contributed by atoms with van der Waals surface area (Å²) in [7, 11) is 3.97. The summed E-state index contributed by atoms with van der Waals surface area (Å²) in [6, 6.07) is 0.699. The van der Waals surface area contributed by atoms with E-state index in [2.05, 4.69) is 27.5 Å². The van der Waals surface area contributed by atoms with Crippen molar-refractivity contribution in [3.63, 3.8) is 0 Å². The van der Waals surface area contributed by atoms with Crippen LogP contribution in [0.4, 0.5) is 0 Å². The lowest BCUT2D eigenvalue weighted by molar-refractivity contribution is 0.656. The Labute approximate surface area is 123 Å². The van der Waals surface area contributed by atoms with Gasteiger partial charge in [-0.2, -0.15) is 5.10 Å². The van der Waals surface area contributed by atoms with E-state index >= 15 is 0 Å². The highest BCUT2D eigenvalue weighted by Crippen LogP contribution is 2.31. The van der Waals surface area contributed by atoms with Gasteiger partial charge in [0.25, 0.3) is 0 Å². The molecule has 0 aliphatic heterocycles. The molecule has 0 aromatic carbocycles. The van der Waals surface area contributed by atoms with Crippen LogP contribution in [-0.4, -0.2) is 30.6 Å². The molecule has 108 valence electrons. The van der Waals surface area contributed by atoms with Gasteiger partial charge in [0.05, 0.1) is 5.69 Å². The minimum Gasteiger partial charge on any atom is -0.310 e. The molecule has 0 radical (unpaired) electrons. The number of aromatic nitrogens is 5. The van der Waals surface area contributed by atoms with E-state index in [0.29, 0.717) is 6.04 Å². The molecule has 1 saturated carbocycles. The zero-order valence-electron chi connectivity index (χ0n) is 12.3. The molecule has 0 spiro atoms.